The molecule has 0 spiro atoms. The smallest absolute Gasteiger partial charge is 0.138 e. The second kappa shape index (κ2) is 6.24. The quantitative estimate of drug-likeness (QED) is 0.773. The first-order valence-electron chi connectivity index (χ1n) is 9.43. The second-order valence-electron chi connectivity index (χ2n) is 8.71. The van der Waals surface area contributed by atoms with Gasteiger partial charge in [0.2, 0.25) is 0 Å². The van der Waals surface area contributed by atoms with Gasteiger partial charge < -0.3 is 10.2 Å². The third kappa shape index (κ3) is 3.50. The van der Waals surface area contributed by atoms with Crippen LogP contribution in [0.3, 0.4) is 0 Å². The molecule has 2 N–H and O–H groups in total. The summed E-state index contributed by atoms with van der Waals surface area (Å²) in [6, 6.07) is 0. The molecule has 0 atom stereocenters. The van der Waals surface area contributed by atoms with Crippen LogP contribution in [0.2, 0.25) is 10.6 Å². The molecule has 0 aromatic heterocycles. The van der Waals surface area contributed by atoms with E-state index in [-0.39, 0.29) is 5.31 Å². The zero-order valence-electron chi connectivity index (χ0n) is 13.7. The summed E-state index contributed by atoms with van der Waals surface area (Å²) < 4.78 is 0. The van der Waals surface area contributed by atoms with Crippen LogP contribution in [0.1, 0.15) is 89.9 Å². The van der Waals surface area contributed by atoms with Crippen LogP contribution in [-0.2, 0) is 0 Å². The molecule has 0 aromatic carbocycles. The second-order valence-corrected chi connectivity index (χ2v) is 8.71. The van der Waals surface area contributed by atoms with Crippen LogP contribution in [0, 0.1) is 0 Å². The molecule has 2 aliphatic heterocycles. The van der Waals surface area contributed by atoms with Gasteiger partial charge in [0.15, 0.2) is 0 Å². The summed E-state index contributed by atoms with van der Waals surface area (Å²) in [6.07, 6.45) is 16.9. The van der Waals surface area contributed by atoms with Crippen LogP contribution >= 0.6 is 0 Å². The van der Waals surface area contributed by atoms with E-state index in [4.69, 9.17) is 0 Å². The standard InChI is InChI=1S/C18H33BO2/c20-15-17-10-6-8-16(19-17,9-7-11-17)14-18(21)12-4-2-1-3-5-13-18/h19-21H,1-15H2. The summed E-state index contributed by atoms with van der Waals surface area (Å²) >= 11 is 0. The Hall–Kier alpha value is -0.0151. The Morgan fingerprint density at radius 2 is 1.19 bits per heavy atom. The maximum atomic E-state index is 11.2. The van der Waals surface area contributed by atoms with Crippen molar-refractivity contribution in [1.82, 2.24) is 0 Å². The molecule has 3 rings (SSSR count). The lowest BCUT2D eigenvalue weighted by Crippen LogP contribution is -2.46. The monoisotopic (exact) mass is 292 g/mol. The lowest BCUT2D eigenvalue weighted by molar-refractivity contribution is -0.0127. The van der Waals surface area contributed by atoms with E-state index in [1.165, 1.54) is 77.9 Å². The van der Waals surface area contributed by atoms with Crippen molar-refractivity contribution in [3.63, 3.8) is 0 Å². The topological polar surface area (TPSA) is 40.5 Å². The van der Waals surface area contributed by atoms with Crippen molar-refractivity contribution in [1.29, 1.82) is 0 Å². The van der Waals surface area contributed by atoms with Crippen molar-refractivity contribution in [2.75, 3.05) is 6.61 Å². The van der Waals surface area contributed by atoms with Gasteiger partial charge in [0.25, 0.3) is 0 Å². The fourth-order valence-electron chi connectivity index (χ4n) is 5.97. The van der Waals surface area contributed by atoms with Crippen molar-refractivity contribution in [2.45, 2.75) is 106 Å². The maximum Gasteiger partial charge on any atom is 0.138 e. The molecule has 2 saturated heterocycles. The van der Waals surface area contributed by atoms with Crippen LogP contribution in [0.25, 0.3) is 0 Å². The maximum absolute atomic E-state index is 11.2. The van der Waals surface area contributed by atoms with Crippen LogP contribution in [0.15, 0.2) is 0 Å². The number of rotatable bonds is 3. The van der Waals surface area contributed by atoms with E-state index in [1.807, 2.05) is 0 Å². The van der Waals surface area contributed by atoms with Crippen molar-refractivity contribution >= 4 is 7.28 Å². The molecule has 2 heterocycles. The van der Waals surface area contributed by atoms with E-state index in [1.54, 1.807) is 0 Å². The molecule has 2 nitrogen and oxygen atoms in total. The van der Waals surface area contributed by atoms with Gasteiger partial charge in [0.1, 0.15) is 7.28 Å². The first kappa shape index (κ1) is 15.9. The summed E-state index contributed by atoms with van der Waals surface area (Å²) in [7, 11) is 1.18. The predicted molar refractivity (Wildman–Crippen MR) is 89.2 cm³/mol. The number of fused-ring (bicyclic) bond motifs is 2. The zero-order valence-corrected chi connectivity index (χ0v) is 13.7. The Morgan fingerprint density at radius 1 is 0.667 bits per heavy atom. The third-order valence-corrected chi connectivity index (χ3v) is 6.90. The molecule has 3 fully saturated rings. The number of hydrogen-bond donors (Lipinski definition) is 2. The Bertz CT molecular complexity index is 337. The van der Waals surface area contributed by atoms with Gasteiger partial charge in [-0.2, -0.15) is 0 Å². The number of aliphatic hydroxyl groups is 2. The summed E-state index contributed by atoms with van der Waals surface area (Å²) in [4.78, 5) is 0. The van der Waals surface area contributed by atoms with Gasteiger partial charge >= 0.3 is 0 Å². The summed E-state index contributed by atoms with van der Waals surface area (Å²) in [5.41, 5.74) is -0.406. The highest BCUT2D eigenvalue weighted by molar-refractivity contribution is 6.45. The van der Waals surface area contributed by atoms with Gasteiger partial charge in [-0.3, -0.25) is 0 Å². The van der Waals surface area contributed by atoms with E-state index in [2.05, 4.69) is 0 Å². The number of hydrogen-bond acceptors (Lipinski definition) is 2. The fraction of sp³-hybridized carbons (Fsp3) is 1.00. The minimum Gasteiger partial charge on any atom is -0.397 e. The Balaban J connectivity index is 1.72. The predicted octanol–water partition coefficient (Wildman–Crippen LogP) is 3.97. The molecule has 0 radical (unpaired) electrons. The lowest BCUT2D eigenvalue weighted by atomic mass is 9.28. The van der Waals surface area contributed by atoms with Gasteiger partial charge in [0.05, 0.1) is 5.60 Å². The average Bonchev–Trinajstić information content (AvgIpc) is 2.43. The van der Waals surface area contributed by atoms with E-state index in [0.29, 0.717) is 11.9 Å². The van der Waals surface area contributed by atoms with Gasteiger partial charge in [0, 0.05) is 6.61 Å². The van der Waals surface area contributed by atoms with E-state index in [9.17, 15) is 10.2 Å². The SMILES string of the molecule is OCC12BC(CC3(O)CCCCCCC3)(CCC1)CCC2. The molecule has 21 heavy (non-hydrogen) atoms. The van der Waals surface area contributed by atoms with Gasteiger partial charge in [-0.25, -0.2) is 0 Å². The first-order chi connectivity index (χ1) is 10.1. The summed E-state index contributed by atoms with van der Waals surface area (Å²) in [5, 5.41) is 21.7. The highest BCUT2D eigenvalue weighted by Crippen LogP contribution is 2.61. The summed E-state index contributed by atoms with van der Waals surface area (Å²) in [6.45, 7) is 0.368. The fourth-order valence-corrected chi connectivity index (χ4v) is 5.97. The van der Waals surface area contributed by atoms with Crippen LogP contribution in [-0.4, -0.2) is 29.7 Å². The Morgan fingerprint density at radius 3 is 1.76 bits per heavy atom. The molecule has 0 unspecified atom stereocenters. The minimum atomic E-state index is -0.406. The molecular weight excluding hydrogens is 259 g/mol. The molecule has 0 aromatic rings. The highest BCUT2D eigenvalue weighted by Gasteiger charge is 2.51. The van der Waals surface area contributed by atoms with Gasteiger partial charge in [-0.1, -0.05) is 75.9 Å². The van der Waals surface area contributed by atoms with Crippen molar-refractivity contribution < 1.29 is 10.2 Å². The number of aliphatic hydroxyl groups excluding tert-OH is 1. The van der Waals surface area contributed by atoms with Gasteiger partial charge in [-0.05, 0) is 24.6 Å². The highest BCUT2D eigenvalue weighted by atomic mass is 16.3. The van der Waals surface area contributed by atoms with Crippen LogP contribution in [0.4, 0.5) is 0 Å². The molecule has 2 bridgehead atoms. The molecule has 1 aliphatic carbocycles. The molecule has 120 valence electrons. The molecular formula is C18H33BO2. The van der Waals surface area contributed by atoms with Crippen molar-refractivity contribution in [3.05, 3.63) is 0 Å². The molecule has 3 aliphatic rings. The van der Waals surface area contributed by atoms with Crippen molar-refractivity contribution in [3.8, 4) is 0 Å². The normalized spacial score (nSPS) is 39.9. The third-order valence-electron chi connectivity index (χ3n) is 6.90. The largest absolute Gasteiger partial charge is 0.397 e. The van der Waals surface area contributed by atoms with E-state index >= 15 is 0 Å². The lowest BCUT2D eigenvalue weighted by Gasteiger charge is -2.53. The molecule has 0 amide bonds. The van der Waals surface area contributed by atoms with E-state index < -0.39 is 5.60 Å². The van der Waals surface area contributed by atoms with Gasteiger partial charge in [-0.15, -0.1) is 0 Å². The molecule has 1 saturated carbocycles. The first-order valence-corrected chi connectivity index (χ1v) is 9.43. The summed E-state index contributed by atoms with van der Waals surface area (Å²) in [5.74, 6) is 0. The van der Waals surface area contributed by atoms with E-state index in [0.717, 1.165) is 19.3 Å². The molecule has 3 heteroatoms. The Kier molecular flexibility index (Phi) is 4.71. The van der Waals surface area contributed by atoms with Crippen LogP contribution < -0.4 is 0 Å². The average molecular weight is 292 g/mol. The Labute approximate surface area is 131 Å². The van der Waals surface area contributed by atoms with Crippen LogP contribution in [0.5, 0.6) is 0 Å². The minimum absolute atomic E-state index is 0.203. The van der Waals surface area contributed by atoms with Crippen molar-refractivity contribution in [2.24, 2.45) is 0 Å². The zero-order chi connectivity index (χ0) is 14.8.